The first kappa shape index (κ1) is 52.5. The fraction of sp³-hybridized carbons (Fsp3) is 0.571. The number of carboxylic acid groups (broad SMARTS) is 2. The molecular formula is C42H64O8Sn. The molecule has 0 spiro atoms. The van der Waals surface area contributed by atoms with Gasteiger partial charge in [-0.15, -0.1) is 0 Å². The Morgan fingerprint density at radius 2 is 0.725 bits per heavy atom. The van der Waals surface area contributed by atoms with Gasteiger partial charge in [-0.25, -0.2) is 9.59 Å². The largest absolute Gasteiger partial charge is 2.00 e. The minimum Gasteiger partial charge on any atom is -0.545 e. The molecule has 0 bridgehead atoms. The van der Waals surface area contributed by atoms with Gasteiger partial charge in [-0.2, -0.15) is 0 Å². The van der Waals surface area contributed by atoms with Gasteiger partial charge < -0.3 is 29.3 Å². The van der Waals surface area contributed by atoms with E-state index in [0.29, 0.717) is 13.2 Å². The molecule has 8 nitrogen and oxygen atoms in total. The number of carbonyl (C=O) groups is 4. The topological polar surface area (TPSA) is 133 Å². The molecule has 2 aromatic carbocycles. The Bertz CT molecular complexity index is 1060. The SMILES string of the molecule is CCCCCCCCCOC(=O)c1ccccc1C(=O)[O-].CCCCCCCCCOC(=O)c1ccccc1C(=O)[O-].[CH2]CCC.[CH2]CCC.[Sn+2]. The average Bonchev–Trinajstić information content (AvgIpc) is 3.14. The number of benzene rings is 2. The molecule has 284 valence electrons. The van der Waals surface area contributed by atoms with E-state index in [4.69, 9.17) is 9.47 Å². The Labute approximate surface area is 326 Å². The van der Waals surface area contributed by atoms with Crippen molar-refractivity contribution in [3.63, 3.8) is 0 Å². The molecule has 9 heteroatoms. The van der Waals surface area contributed by atoms with E-state index in [1.165, 1.54) is 88.5 Å². The van der Waals surface area contributed by atoms with Crippen LogP contribution < -0.4 is 10.2 Å². The molecule has 0 amide bonds. The second-order valence-corrected chi connectivity index (χ2v) is 11.9. The molecule has 4 radical (unpaired) electrons. The number of carboxylic acids is 2. The van der Waals surface area contributed by atoms with Crippen molar-refractivity contribution in [2.45, 2.75) is 143 Å². The Balaban J connectivity index is -0.000000733. The van der Waals surface area contributed by atoms with Crippen LogP contribution in [0.2, 0.25) is 0 Å². The summed E-state index contributed by atoms with van der Waals surface area (Å²) in [5.74, 6) is -3.92. The van der Waals surface area contributed by atoms with Crippen LogP contribution in [0.1, 0.15) is 185 Å². The molecule has 0 saturated heterocycles. The van der Waals surface area contributed by atoms with E-state index in [9.17, 15) is 29.4 Å². The molecule has 2 rings (SSSR count). The van der Waals surface area contributed by atoms with Gasteiger partial charge >= 0.3 is 35.8 Å². The van der Waals surface area contributed by atoms with Gasteiger partial charge in [-0.3, -0.25) is 0 Å². The van der Waals surface area contributed by atoms with Crippen LogP contribution >= 0.6 is 0 Å². The number of hydrogen-bond acceptors (Lipinski definition) is 8. The molecule has 2 aromatic rings. The van der Waals surface area contributed by atoms with Crippen molar-refractivity contribution in [3.8, 4) is 0 Å². The second-order valence-electron chi connectivity index (χ2n) is 11.9. The van der Waals surface area contributed by atoms with Crippen molar-refractivity contribution in [1.29, 1.82) is 0 Å². The molecule has 0 aliphatic carbocycles. The monoisotopic (exact) mass is 816 g/mol. The number of rotatable bonds is 22. The normalized spacial score (nSPS) is 9.69. The molecule has 51 heavy (non-hydrogen) atoms. The maximum Gasteiger partial charge on any atom is 2.00 e. The number of carbonyl (C=O) groups excluding carboxylic acids is 4. The summed E-state index contributed by atoms with van der Waals surface area (Å²) < 4.78 is 10.2. The van der Waals surface area contributed by atoms with Crippen molar-refractivity contribution in [2.75, 3.05) is 13.2 Å². The maximum atomic E-state index is 11.8. The Morgan fingerprint density at radius 3 is 0.980 bits per heavy atom. The molecule has 0 aliphatic rings. The van der Waals surface area contributed by atoms with E-state index in [1.54, 1.807) is 24.3 Å². The van der Waals surface area contributed by atoms with Gasteiger partial charge in [0.2, 0.25) is 0 Å². The Morgan fingerprint density at radius 1 is 0.471 bits per heavy atom. The fourth-order valence-corrected chi connectivity index (χ4v) is 4.28. The molecule has 0 heterocycles. The summed E-state index contributed by atoms with van der Waals surface area (Å²) >= 11 is 0. The molecule has 0 atom stereocenters. The van der Waals surface area contributed by atoms with Gasteiger partial charge in [-0.05, 0) is 25.0 Å². The Kier molecular flexibility index (Phi) is 39.5. The molecule has 0 aromatic heterocycles. The predicted molar refractivity (Wildman–Crippen MR) is 204 cm³/mol. The van der Waals surface area contributed by atoms with E-state index in [1.807, 2.05) is 0 Å². The standard InChI is InChI=1S/2C17H24O4.2C4H9.Sn/c2*1-2-3-4-5-6-7-10-13-21-17(20)15-12-9-8-11-14(15)16(18)19;2*1-3-4-2;/h2*8-9,11-12H,2-7,10,13H2,1H3,(H,18,19);2*1,3-4H2,2H3;/q;;;;+2/p-2. The fourth-order valence-electron chi connectivity index (χ4n) is 4.28. The van der Waals surface area contributed by atoms with Gasteiger partial charge in [0.1, 0.15) is 0 Å². The first-order valence-electron chi connectivity index (χ1n) is 18.7. The second kappa shape index (κ2) is 38.4. The summed E-state index contributed by atoms with van der Waals surface area (Å²) in [6.07, 6.45) is 20.5. The van der Waals surface area contributed by atoms with Crippen LogP contribution in [0.4, 0.5) is 0 Å². The number of esters is 2. The summed E-state index contributed by atoms with van der Waals surface area (Å²) in [4.78, 5) is 45.5. The first-order chi connectivity index (χ1) is 24.2. The zero-order chi connectivity index (χ0) is 37.8. The van der Waals surface area contributed by atoms with Crippen LogP contribution in [0.25, 0.3) is 0 Å². The molecule has 0 unspecified atom stereocenters. The van der Waals surface area contributed by atoms with Crippen LogP contribution in [-0.4, -0.2) is 61.0 Å². The minimum atomic E-state index is -1.36. The summed E-state index contributed by atoms with van der Waals surface area (Å²) in [7, 11) is 0. The third-order valence-corrected chi connectivity index (χ3v) is 7.40. The van der Waals surface area contributed by atoms with E-state index in [0.717, 1.165) is 51.4 Å². The van der Waals surface area contributed by atoms with Crippen molar-refractivity contribution >= 4 is 47.8 Å². The zero-order valence-electron chi connectivity index (χ0n) is 31.9. The maximum absolute atomic E-state index is 11.8. The van der Waals surface area contributed by atoms with E-state index in [2.05, 4.69) is 41.5 Å². The summed E-state index contributed by atoms with van der Waals surface area (Å²) in [5, 5.41) is 21.8. The van der Waals surface area contributed by atoms with Crippen molar-refractivity contribution in [2.24, 2.45) is 0 Å². The van der Waals surface area contributed by atoms with Crippen LogP contribution in [0.15, 0.2) is 48.5 Å². The van der Waals surface area contributed by atoms with Crippen LogP contribution in [0, 0.1) is 13.8 Å². The van der Waals surface area contributed by atoms with Crippen molar-refractivity contribution in [1.82, 2.24) is 0 Å². The van der Waals surface area contributed by atoms with E-state index >= 15 is 0 Å². The summed E-state index contributed by atoms with van der Waals surface area (Å²) in [6.45, 7) is 16.5. The average molecular weight is 816 g/mol. The van der Waals surface area contributed by atoms with Crippen LogP contribution in [0.3, 0.4) is 0 Å². The molecule has 0 aliphatic heterocycles. The van der Waals surface area contributed by atoms with Crippen LogP contribution in [0.5, 0.6) is 0 Å². The van der Waals surface area contributed by atoms with E-state index in [-0.39, 0.29) is 46.2 Å². The number of ether oxygens (including phenoxy) is 2. The van der Waals surface area contributed by atoms with Gasteiger partial charge in [0, 0.05) is 11.1 Å². The molecule has 0 N–H and O–H groups in total. The predicted octanol–water partition coefficient (Wildman–Crippen LogP) is 8.78. The molecular weight excluding hydrogens is 751 g/mol. The number of unbranched alkanes of at least 4 members (excludes halogenated alkanes) is 14. The molecule has 0 saturated carbocycles. The Hall–Kier alpha value is -2.88. The summed E-state index contributed by atoms with van der Waals surface area (Å²) in [5.41, 5.74) is -0.134. The number of aromatic carboxylic acids is 2. The van der Waals surface area contributed by atoms with Crippen LogP contribution in [-0.2, 0) is 9.47 Å². The van der Waals surface area contributed by atoms with Gasteiger partial charge in [0.15, 0.2) is 0 Å². The van der Waals surface area contributed by atoms with Gasteiger partial charge in [-0.1, -0.05) is 181 Å². The third-order valence-electron chi connectivity index (χ3n) is 7.40. The third kappa shape index (κ3) is 29.4. The molecule has 0 fully saturated rings. The van der Waals surface area contributed by atoms with E-state index < -0.39 is 23.9 Å². The quantitative estimate of drug-likeness (QED) is 0.0655. The minimum absolute atomic E-state index is 0. The zero-order valence-corrected chi connectivity index (χ0v) is 34.8. The number of hydrogen-bond donors (Lipinski definition) is 0. The van der Waals surface area contributed by atoms with Crippen molar-refractivity contribution in [3.05, 3.63) is 84.6 Å². The van der Waals surface area contributed by atoms with Gasteiger partial charge in [0.25, 0.3) is 0 Å². The summed E-state index contributed by atoms with van der Waals surface area (Å²) in [6, 6.07) is 11.9. The van der Waals surface area contributed by atoms with Gasteiger partial charge in [0.05, 0.1) is 36.3 Å². The smallest absolute Gasteiger partial charge is 0.545 e. The van der Waals surface area contributed by atoms with Crippen molar-refractivity contribution < 1.29 is 38.9 Å². The first-order valence-corrected chi connectivity index (χ1v) is 18.7.